The third-order valence-electron chi connectivity index (χ3n) is 2.75. The molecular formula is C7H10O9. The average molecular weight is 238 g/mol. The fourth-order valence-corrected chi connectivity index (χ4v) is 1.72. The zero-order chi connectivity index (χ0) is 12.4. The number of carboxylic acid groups (broad SMARTS) is 1. The Bertz CT molecular complexity index is 345. The summed E-state index contributed by atoms with van der Waals surface area (Å²) >= 11 is 0. The van der Waals surface area contributed by atoms with Gasteiger partial charge in [-0.2, -0.15) is 0 Å². The van der Waals surface area contributed by atoms with Gasteiger partial charge in [-0.05, 0) is 0 Å². The lowest BCUT2D eigenvalue weighted by molar-refractivity contribution is -0.342. The van der Waals surface area contributed by atoms with E-state index in [9.17, 15) is 25.2 Å². The summed E-state index contributed by atoms with van der Waals surface area (Å²) in [6, 6.07) is 0. The lowest BCUT2D eigenvalue weighted by Crippen LogP contribution is -2.68. The number of rotatable bonds is 2. The van der Waals surface area contributed by atoms with Crippen molar-refractivity contribution in [2.24, 2.45) is 0 Å². The van der Waals surface area contributed by atoms with Crippen molar-refractivity contribution < 1.29 is 44.9 Å². The van der Waals surface area contributed by atoms with Gasteiger partial charge in [0.1, 0.15) is 12.2 Å². The molecule has 9 nitrogen and oxygen atoms in total. The van der Waals surface area contributed by atoms with Gasteiger partial charge in [-0.25, -0.2) is 4.79 Å². The maximum absolute atomic E-state index is 10.7. The van der Waals surface area contributed by atoms with Gasteiger partial charge in [0.15, 0.2) is 0 Å². The van der Waals surface area contributed by atoms with Crippen LogP contribution in [0, 0.1) is 0 Å². The highest BCUT2D eigenvalue weighted by atomic mass is 16.9. The van der Waals surface area contributed by atoms with Crippen LogP contribution >= 0.6 is 0 Å². The van der Waals surface area contributed by atoms with Crippen molar-refractivity contribution in [1.29, 1.82) is 0 Å². The molecule has 5 atom stereocenters. The molecule has 0 radical (unpaired) electrons. The van der Waals surface area contributed by atoms with Crippen molar-refractivity contribution in [2.75, 3.05) is 6.61 Å². The molecule has 2 aliphatic rings. The predicted molar refractivity (Wildman–Crippen MR) is 41.5 cm³/mol. The summed E-state index contributed by atoms with van der Waals surface area (Å²) in [5.41, 5.74) is 0. The Hall–Kier alpha value is -0.810. The smallest absolute Gasteiger partial charge is 0.370 e. The second-order valence-electron chi connectivity index (χ2n) is 3.68. The van der Waals surface area contributed by atoms with Crippen LogP contribution in [0.2, 0.25) is 0 Å². The molecule has 0 amide bonds. The molecule has 5 unspecified atom stereocenters. The molecule has 16 heavy (non-hydrogen) atoms. The number of fused-ring (bicyclic) bond motifs is 1. The summed E-state index contributed by atoms with van der Waals surface area (Å²) < 4.78 is 8.71. The van der Waals surface area contributed by atoms with E-state index in [1.54, 1.807) is 0 Å². The van der Waals surface area contributed by atoms with E-state index >= 15 is 0 Å². The molecule has 9 heteroatoms. The Balaban J connectivity index is 2.41. The maximum atomic E-state index is 10.7. The zero-order valence-electron chi connectivity index (χ0n) is 7.77. The number of epoxide rings is 1. The van der Waals surface area contributed by atoms with Gasteiger partial charge in [0.05, 0.1) is 6.61 Å². The topological polar surface area (TPSA) is 160 Å². The van der Waals surface area contributed by atoms with E-state index in [-0.39, 0.29) is 0 Å². The van der Waals surface area contributed by atoms with Crippen LogP contribution in [-0.2, 0) is 14.3 Å². The first-order chi connectivity index (χ1) is 7.23. The predicted octanol–water partition coefficient (Wildman–Crippen LogP) is -4.08. The fraction of sp³-hybridized carbons (Fsp3) is 0.857. The number of aliphatic carboxylic acids is 1. The van der Waals surface area contributed by atoms with E-state index in [2.05, 4.69) is 9.47 Å². The lowest BCUT2D eigenvalue weighted by Gasteiger charge is -2.38. The van der Waals surface area contributed by atoms with Crippen molar-refractivity contribution in [2.45, 2.75) is 29.6 Å². The van der Waals surface area contributed by atoms with Crippen LogP contribution in [0.3, 0.4) is 0 Å². The normalized spacial score (nSPS) is 55.6. The van der Waals surface area contributed by atoms with Crippen LogP contribution in [-0.4, -0.2) is 72.8 Å². The number of ether oxygens (including phenoxy) is 2. The second-order valence-corrected chi connectivity index (χ2v) is 3.68. The number of hydrogen-bond donors (Lipinski definition) is 6. The SMILES string of the molecule is O=C(O)C1(O)OC(CO)C(O)C2(O)OC12O. The highest BCUT2D eigenvalue weighted by Gasteiger charge is 2.90. The van der Waals surface area contributed by atoms with Gasteiger partial charge >= 0.3 is 11.8 Å². The molecule has 2 aliphatic heterocycles. The standard InChI is InChI=1S/C7H10O9/c8-1-2-3(9)5(12)7(14,16-5)6(13,15-2)4(10)11/h2-3,8-9,12-14H,1H2,(H,10,11). The van der Waals surface area contributed by atoms with Crippen molar-refractivity contribution in [3.05, 3.63) is 0 Å². The van der Waals surface area contributed by atoms with E-state index in [0.29, 0.717) is 0 Å². The minimum absolute atomic E-state index is 0.876. The number of aliphatic hydroxyl groups is 5. The van der Waals surface area contributed by atoms with Crippen molar-refractivity contribution in [3.63, 3.8) is 0 Å². The fourth-order valence-electron chi connectivity index (χ4n) is 1.72. The van der Waals surface area contributed by atoms with E-state index in [1.807, 2.05) is 0 Å². The third-order valence-corrected chi connectivity index (χ3v) is 2.75. The average Bonchev–Trinajstić information content (AvgIpc) is 2.79. The second kappa shape index (κ2) is 2.90. The minimum Gasteiger partial charge on any atom is -0.477 e. The number of hydrogen-bond acceptors (Lipinski definition) is 8. The molecule has 0 aromatic rings. The summed E-state index contributed by atoms with van der Waals surface area (Å²) in [6.07, 6.45) is -3.49. The molecular weight excluding hydrogens is 228 g/mol. The molecule has 6 N–H and O–H groups in total. The Labute approximate surface area is 88.1 Å². The highest BCUT2D eigenvalue weighted by Crippen LogP contribution is 2.57. The first kappa shape index (κ1) is 11.7. The van der Waals surface area contributed by atoms with Crippen LogP contribution in [0.5, 0.6) is 0 Å². The van der Waals surface area contributed by atoms with E-state index in [0.717, 1.165) is 0 Å². The molecule has 2 heterocycles. The number of aliphatic hydroxyl groups excluding tert-OH is 2. The molecule has 92 valence electrons. The molecule has 0 spiro atoms. The van der Waals surface area contributed by atoms with Gasteiger partial charge < -0.3 is 35.4 Å². The van der Waals surface area contributed by atoms with Gasteiger partial charge in [0.25, 0.3) is 11.6 Å². The Morgan fingerprint density at radius 1 is 1.31 bits per heavy atom. The van der Waals surface area contributed by atoms with E-state index in [4.69, 9.17) is 10.2 Å². The van der Waals surface area contributed by atoms with Crippen LogP contribution in [0.25, 0.3) is 0 Å². The highest BCUT2D eigenvalue weighted by molar-refractivity contribution is 5.78. The Morgan fingerprint density at radius 3 is 2.31 bits per heavy atom. The molecule has 2 saturated heterocycles. The van der Waals surface area contributed by atoms with Gasteiger partial charge in [0.2, 0.25) is 0 Å². The maximum Gasteiger partial charge on any atom is 0.370 e. The summed E-state index contributed by atoms with van der Waals surface area (Å²) in [5, 5.41) is 55.4. The third kappa shape index (κ3) is 1.00. The van der Waals surface area contributed by atoms with Crippen LogP contribution in [0.15, 0.2) is 0 Å². The molecule has 0 bridgehead atoms. The molecule has 0 aliphatic carbocycles. The zero-order valence-corrected chi connectivity index (χ0v) is 7.77. The van der Waals surface area contributed by atoms with E-state index < -0.39 is 42.1 Å². The van der Waals surface area contributed by atoms with Gasteiger partial charge in [-0.1, -0.05) is 0 Å². The summed E-state index contributed by atoms with van der Waals surface area (Å²) in [6.45, 7) is -0.876. The number of carboxylic acids is 1. The lowest BCUT2D eigenvalue weighted by atomic mass is 9.93. The van der Waals surface area contributed by atoms with Crippen molar-refractivity contribution in [1.82, 2.24) is 0 Å². The largest absolute Gasteiger partial charge is 0.477 e. The molecule has 0 aromatic carbocycles. The van der Waals surface area contributed by atoms with Crippen LogP contribution < -0.4 is 0 Å². The first-order valence-electron chi connectivity index (χ1n) is 4.30. The summed E-state index contributed by atoms with van der Waals surface area (Å²) in [5.74, 6) is -10.9. The Morgan fingerprint density at radius 2 is 1.88 bits per heavy atom. The van der Waals surface area contributed by atoms with Gasteiger partial charge in [-0.3, -0.25) is 4.74 Å². The van der Waals surface area contributed by atoms with E-state index in [1.165, 1.54) is 0 Å². The monoisotopic (exact) mass is 238 g/mol. The first-order valence-corrected chi connectivity index (χ1v) is 4.30. The summed E-state index contributed by atoms with van der Waals surface area (Å²) in [4.78, 5) is 10.7. The van der Waals surface area contributed by atoms with Crippen molar-refractivity contribution >= 4 is 5.97 Å². The molecule has 2 rings (SSSR count). The van der Waals surface area contributed by atoms with Gasteiger partial charge in [-0.15, -0.1) is 0 Å². The molecule has 0 aromatic heterocycles. The quantitative estimate of drug-likeness (QED) is 0.263. The van der Waals surface area contributed by atoms with Crippen molar-refractivity contribution in [3.8, 4) is 0 Å². The van der Waals surface area contributed by atoms with Gasteiger partial charge in [0, 0.05) is 0 Å². The molecule has 2 fully saturated rings. The molecule has 0 saturated carbocycles. The number of carbonyl (C=O) groups is 1. The summed E-state index contributed by atoms with van der Waals surface area (Å²) in [7, 11) is 0. The van der Waals surface area contributed by atoms with Crippen LogP contribution in [0.1, 0.15) is 0 Å². The van der Waals surface area contributed by atoms with Crippen LogP contribution in [0.4, 0.5) is 0 Å². The Kier molecular flexibility index (Phi) is 2.11. The minimum atomic E-state index is -3.26.